The monoisotopic (exact) mass is 363 g/mol. The summed E-state index contributed by atoms with van der Waals surface area (Å²) in [5, 5.41) is 9.24. The Balaban J connectivity index is 2.31. The number of Topliss-reactive ketones (excluding diaryl/α,β-unsaturated/α-hetero) is 1. The highest BCUT2D eigenvalue weighted by Gasteiger charge is 2.45. The number of nitrogens with zero attached hydrogens (tertiary/aromatic N) is 3. The Morgan fingerprint density at radius 1 is 1.38 bits per heavy atom. The number of nitriles is 1. The molecule has 0 saturated carbocycles. The van der Waals surface area contributed by atoms with Crippen molar-refractivity contribution in [2.24, 2.45) is 5.41 Å². The molecule has 1 aromatic heterocycles. The Morgan fingerprint density at radius 2 is 2.04 bits per heavy atom. The summed E-state index contributed by atoms with van der Waals surface area (Å²) in [6, 6.07) is 4.41. The lowest BCUT2D eigenvalue weighted by Crippen LogP contribution is -2.52. The number of amides is 1. The summed E-state index contributed by atoms with van der Waals surface area (Å²) in [6.07, 6.45) is 2.99. The molecule has 1 heterocycles. The number of allylic oxidation sites excluding steroid dienone is 1. The zero-order chi connectivity index (χ0) is 19.7. The van der Waals surface area contributed by atoms with Crippen molar-refractivity contribution in [3.05, 3.63) is 35.5 Å². The van der Waals surface area contributed by atoms with Gasteiger partial charge >= 0.3 is 6.61 Å². The fourth-order valence-electron chi connectivity index (χ4n) is 3.16. The molecule has 0 N–H and O–H groups in total. The molecule has 1 aliphatic rings. The Labute approximate surface area is 150 Å². The van der Waals surface area contributed by atoms with Crippen LogP contribution in [0.2, 0.25) is 0 Å². The van der Waals surface area contributed by atoms with Gasteiger partial charge < -0.3 is 9.64 Å². The van der Waals surface area contributed by atoms with E-state index in [1.54, 1.807) is 27.8 Å². The van der Waals surface area contributed by atoms with E-state index in [0.717, 1.165) is 6.20 Å². The van der Waals surface area contributed by atoms with E-state index in [1.807, 2.05) is 6.07 Å². The number of ketones is 1. The second kappa shape index (κ2) is 6.83. The van der Waals surface area contributed by atoms with Gasteiger partial charge in [-0.05, 0) is 25.5 Å². The van der Waals surface area contributed by atoms with Gasteiger partial charge in [-0.2, -0.15) is 14.0 Å². The minimum Gasteiger partial charge on any atom is -0.417 e. The molecule has 0 spiro atoms. The molecule has 1 atom stereocenters. The van der Waals surface area contributed by atoms with Crippen LogP contribution < -0.4 is 4.74 Å². The summed E-state index contributed by atoms with van der Waals surface area (Å²) in [5.74, 6) is -0.961. The molecule has 2 rings (SSSR count). The van der Waals surface area contributed by atoms with Crippen molar-refractivity contribution in [3.8, 4) is 11.9 Å². The molecular formula is C18H19F2N3O3. The van der Waals surface area contributed by atoms with E-state index in [1.165, 1.54) is 23.1 Å². The van der Waals surface area contributed by atoms with E-state index in [-0.39, 0.29) is 22.8 Å². The van der Waals surface area contributed by atoms with E-state index >= 15 is 0 Å². The standard InChI is InChI=1S/C18H19F2N3O3/c1-17(2)10-18(3,7-12(8-21)14(17)24)23(4)15(25)11-5-6-13(22-9-11)26-16(19)20/h5-7,9,16H,10H2,1-4H3/t18-/m1/s1. The molecule has 1 aromatic rings. The Hall–Kier alpha value is -2.82. The molecule has 8 heteroatoms. The number of pyridine rings is 1. The van der Waals surface area contributed by atoms with Crippen LogP contribution in [0.4, 0.5) is 8.78 Å². The largest absolute Gasteiger partial charge is 0.417 e. The van der Waals surface area contributed by atoms with E-state index in [4.69, 9.17) is 0 Å². The average Bonchev–Trinajstić information content (AvgIpc) is 2.56. The van der Waals surface area contributed by atoms with Crippen molar-refractivity contribution < 1.29 is 23.1 Å². The zero-order valence-corrected chi connectivity index (χ0v) is 14.9. The van der Waals surface area contributed by atoms with Gasteiger partial charge in [0.05, 0.1) is 16.7 Å². The third-order valence-electron chi connectivity index (χ3n) is 4.50. The van der Waals surface area contributed by atoms with Gasteiger partial charge in [0.25, 0.3) is 5.91 Å². The Kier molecular flexibility index (Phi) is 5.12. The van der Waals surface area contributed by atoms with Gasteiger partial charge in [0.15, 0.2) is 5.78 Å². The maximum absolute atomic E-state index is 12.8. The minimum atomic E-state index is -3.00. The highest BCUT2D eigenvalue weighted by atomic mass is 19.3. The fourth-order valence-corrected chi connectivity index (χ4v) is 3.16. The van der Waals surface area contributed by atoms with Gasteiger partial charge in [-0.25, -0.2) is 4.98 Å². The second-order valence-corrected chi connectivity index (χ2v) is 7.04. The zero-order valence-electron chi connectivity index (χ0n) is 14.9. The average molecular weight is 363 g/mol. The molecule has 0 saturated heterocycles. The molecule has 1 aliphatic carbocycles. The van der Waals surface area contributed by atoms with Gasteiger partial charge in [-0.15, -0.1) is 0 Å². The number of halogens is 2. The lowest BCUT2D eigenvalue weighted by Gasteiger charge is -2.44. The van der Waals surface area contributed by atoms with Crippen LogP contribution >= 0.6 is 0 Å². The smallest absolute Gasteiger partial charge is 0.388 e. The van der Waals surface area contributed by atoms with E-state index in [2.05, 4.69) is 9.72 Å². The van der Waals surface area contributed by atoms with Crippen LogP contribution in [-0.2, 0) is 4.79 Å². The van der Waals surface area contributed by atoms with Crippen molar-refractivity contribution in [2.75, 3.05) is 7.05 Å². The topological polar surface area (TPSA) is 83.3 Å². The van der Waals surface area contributed by atoms with Gasteiger partial charge in [-0.3, -0.25) is 9.59 Å². The van der Waals surface area contributed by atoms with Crippen LogP contribution in [-0.4, -0.2) is 40.8 Å². The maximum atomic E-state index is 12.8. The first kappa shape index (κ1) is 19.5. The number of hydrogen-bond acceptors (Lipinski definition) is 5. The second-order valence-electron chi connectivity index (χ2n) is 7.04. The van der Waals surface area contributed by atoms with Gasteiger partial charge in [0.2, 0.25) is 5.88 Å². The maximum Gasteiger partial charge on any atom is 0.388 e. The summed E-state index contributed by atoms with van der Waals surface area (Å²) >= 11 is 0. The predicted molar refractivity (Wildman–Crippen MR) is 88.5 cm³/mol. The van der Waals surface area contributed by atoms with Gasteiger partial charge in [0, 0.05) is 24.7 Å². The molecule has 0 radical (unpaired) electrons. The molecule has 0 bridgehead atoms. The third-order valence-corrected chi connectivity index (χ3v) is 4.50. The van der Waals surface area contributed by atoms with Crippen LogP contribution in [0.1, 0.15) is 37.6 Å². The first-order chi connectivity index (χ1) is 12.0. The Bertz CT molecular complexity index is 797. The molecule has 0 unspecified atom stereocenters. The molecule has 138 valence electrons. The number of rotatable bonds is 4. The summed E-state index contributed by atoms with van der Waals surface area (Å²) in [7, 11) is 1.56. The molecule has 6 nitrogen and oxygen atoms in total. The van der Waals surface area contributed by atoms with Crippen LogP contribution in [0.3, 0.4) is 0 Å². The number of ether oxygens (including phenoxy) is 1. The summed E-state index contributed by atoms with van der Waals surface area (Å²) in [6.45, 7) is 2.22. The highest BCUT2D eigenvalue weighted by molar-refractivity contribution is 6.04. The molecular weight excluding hydrogens is 344 g/mol. The number of alkyl halides is 2. The quantitative estimate of drug-likeness (QED) is 0.821. The van der Waals surface area contributed by atoms with Crippen molar-refractivity contribution in [1.82, 2.24) is 9.88 Å². The van der Waals surface area contributed by atoms with E-state index in [9.17, 15) is 23.6 Å². The highest BCUT2D eigenvalue weighted by Crippen LogP contribution is 2.40. The van der Waals surface area contributed by atoms with Crippen molar-refractivity contribution in [2.45, 2.75) is 39.3 Å². The van der Waals surface area contributed by atoms with E-state index < -0.39 is 23.5 Å². The number of carbonyl (C=O) groups excluding carboxylic acids is 2. The number of hydrogen-bond donors (Lipinski definition) is 0. The first-order valence-electron chi connectivity index (χ1n) is 7.87. The Morgan fingerprint density at radius 3 is 2.54 bits per heavy atom. The van der Waals surface area contributed by atoms with Crippen LogP contribution in [0.15, 0.2) is 30.0 Å². The minimum absolute atomic E-state index is 0.0159. The van der Waals surface area contributed by atoms with Crippen molar-refractivity contribution in [1.29, 1.82) is 5.26 Å². The predicted octanol–water partition coefficient (Wildman–Crippen LogP) is 2.96. The fraction of sp³-hybridized carbons (Fsp3) is 0.444. The van der Waals surface area contributed by atoms with Gasteiger partial charge in [-0.1, -0.05) is 13.8 Å². The summed E-state index contributed by atoms with van der Waals surface area (Å²) in [5.41, 5.74) is -1.47. The molecule has 0 aromatic carbocycles. The summed E-state index contributed by atoms with van der Waals surface area (Å²) in [4.78, 5) is 30.2. The van der Waals surface area contributed by atoms with Crippen LogP contribution in [0.25, 0.3) is 0 Å². The number of likely N-dealkylation sites (N-methyl/N-ethyl adjacent to an activating group) is 1. The lowest BCUT2D eigenvalue weighted by atomic mass is 9.68. The van der Waals surface area contributed by atoms with Crippen LogP contribution in [0.5, 0.6) is 5.88 Å². The summed E-state index contributed by atoms with van der Waals surface area (Å²) < 4.78 is 28.5. The SMILES string of the molecule is CN(C(=O)c1ccc(OC(F)F)nc1)[C@]1(C)C=C(C#N)C(=O)C(C)(C)C1. The number of aromatic nitrogens is 1. The van der Waals surface area contributed by atoms with Crippen molar-refractivity contribution >= 4 is 11.7 Å². The normalized spacial score (nSPS) is 21.8. The lowest BCUT2D eigenvalue weighted by molar-refractivity contribution is -0.125. The first-order valence-corrected chi connectivity index (χ1v) is 7.87. The molecule has 0 fully saturated rings. The molecule has 0 aliphatic heterocycles. The molecule has 1 amide bonds. The number of carbonyl (C=O) groups is 2. The van der Waals surface area contributed by atoms with Gasteiger partial charge in [0.1, 0.15) is 6.07 Å². The van der Waals surface area contributed by atoms with E-state index in [0.29, 0.717) is 6.42 Å². The van der Waals surface area contributed by atoms with Crippen molar-refractivity contribution in [3.63, 3.8) is 0 Å². The molecule has 26 heavy (non-hydrogen) atoms. The van der Waals surface area contributed by atoms with Crippen LogP contribution in [0, 0.1) is 16.7 Å². The third kappa shape index (κ3) is 3.72.